The minimum atomic E-state index is 0.612. The lowest BCUT2D eigenvalue weighted by atomic mass is 10.0. The van der Waals surface area contributed by atoms with Crippen molar-refractivity contribution in [1.29, 1.82) is 0 Å². The maximum atomic E-state index is 4.48. The molecule has 3 heterocycles. The predicted octanol–water partition coefficient (Wildman–Crippen LogP) is 1.65. The zero-order chi connectivity index (χ0) is 13.9. The summed E-state index contributed by atoms with van der Waals surface area (Å²) in [6.45, 7) is 8.78. The number of aromatic nitrogens is 3. The Bertz CT molecular complexity index is 422. The second kappa shape index (κ2) is 6.22. The van der Waals surface area contributed by atoms with Crippen LogP contribution in [0, 0.1) is 5.92 Å². The van der Waals surface area contributed by atoms with E-state index in [0.717, 1.165) is 18.9 Å². The Morgan fingerprint density at radius 1 is 1.35 bits per heavy atom. The molecule has 3 rings (SSSR count). The molecule has 2 atom stereocenters. The van der Waals surface area contributed by atoms with Crippen molar-refractivity contribution in [3.8, 4) is 0 Å². The number of hydrogen-bond acceptors (Lipinski definition) is 4. The molecule has 5 heteroatoms. The molecular formula is C15H27N5. The van der Waals surface area contributed by atoms with E-state index in [1.54, 1.807) is 6.33 Å². The van der Waals surface area contributed by atoms with E-state index >= 15 is 0 Å². The molecule has 20 heavy (non-hydrogen) atoms. The quantitative estimate of drug-likeness (QED) is 0.889. The van der Waals surface area contributed by atoms with Crippen LogP contribution in [0.15, 0.2) is 6.33 Å². The summed E-state index contributed by atoms with van der Waals surface area (Å²) in [7, 11) is 0. The van der Waals surface area contributed by atoms with E-state index in [1.807, 2.05) is 0 Å². The highest BCUT2D eigenvalue weighted by atomic mass is 15.4. The fourth-order valence-corrected chi connectivity index (χ4v) is 3.63. The molecule has 0 aromatic carbocycles. The van der Waals surface area contributed by atoms with Crippen LogP contribution in [0.25, 0.3) is 0 Å². The van der Waals surface area contributed by atoms with Gasteiger partial charge in [-0.15, -0.1) is 0 Å². The van der Waals surface area contributed by atoms with Gasteiger partial charge in [0.15, 0.2) is 0 Å². The number of rotatable bonds is 5. The van der Waals surface area contributed by atoms with Crippen molar-refractivity contribution in [3.63, 3.8) is 0 Å². The largest absolute Gasteiger partial charge is 0.312 e. The molecule has 1 aromatic rings. The molecule has 2 aliphatic rings. The maximum Gasteiger partial charge on any atom is 0.141 e. The van der Waals surface area contributed by atoms with E-state index in [0.29, 0.717) is 18.0 Å². The molecule has 2 saturated heterocycles. The van der Waals surface area contributed by atoms with E-state index in [9.17, 15) is 0 Å². The van der Waals surface area contributed by atoms with E-state index < -0.39 is 0 Å². The Morgan fingerprint density at radius 2 is 2.25 bits per heavy atom. The first-order chi connectivity index (χ1) is 9.74. The Kier molecular flexibility index (Phi) is 4.36. The van der Waals surface area contributed by atoms with Gasteiger partial charge in [-0.25, -0.2) is 9.67 Å². The lowest BCUT2D eigenvalue weighted by Crippen LogP contribution is -2.43. The molecule has 5 nitrogen and oxygen atoms in total. The Hall–Kier alpha value is -0.940. The number of nitrogens with one attached hydrogen (secondary N) is 1. The minimum absolute atomic E-state index is 0.612. The highest BCUT2D eigenvalue weighted by Gasteiger charge is 2.33. The number of likely N-dealkylation sites (tertiary alicyclic amines) is 1. The summed E-state index contributed by atoms with van der Waals surface area (Å²) in [6.07, 6.45) is 7.02. The predicted molar refractivity (Wildman–Crippen MR) is 79.3 cm³/mol. The summed E-state index contributed by atoms with van der Waals surface area (Å²) in [4.78, 5) is 7.10. The van der Waals surface area contributed by atoms with E-state index in [4.69, 9.17) is 0 Å². The van der Waals surface area contributed by atoms with Crippen molar-refractivity contribution in [2.24, 2.45) is 5.92 Å². The van der Waals surface area contributed by atoms with Crippen LogP contribution >= 0.6 is 0 Å². The van der Waals surface area contributed by atoms with Crippen molar-refractivity contribution < 1.29 is 0 Å². The summed E-state index contributed by atoms with van der Waals surface area (Å²) < 4.78 is 2.09. The lowest BCUT2D eigenvalue weighted by Gasteiger charge is -2.29. The van der Waals surface area contributed by atoms with Crippen LogP contribution in [0.5, 0.6) is 0 Å². The highest BCUT2D eigenvalue weighted by Crippen LogP contribution is 2.26. The standard InChI is InChI=1S/C15H27N5/c1-12(2)9-20-15(17-11-18-20)10-19-8-4-6-14(19)13-5-3-7-16-13/h11-14,16H,3-10H2,1-2H3. The molecule has 0 saturated carbocycles. The molecule has 0 amide bonds. The van der Waals surface area contributed by atoms with Crippen molar-refractivity contribution in [2.45, 2.75) is 64.7 Å². The molecule has 2 unspecified atom stereocenters. The van der Waals surface area contributed by atoms with Crippen molar-refractivity contribution in [3.05, 3.63) is 12.2 Å². The molecule has 1 N–H and O–H groups in total. The Morgan fingerprint density at radius 3 is 3.00 bits per heavy atom. The minimum Gasteiger partial charge on any atom is -0.312 e. The van der Waals surface area contributed by atoms with E-state index in [2.05, 4.69) is 38.8 Å². The van der Waals surface area contributed by atoms with Gasteiger partial charge in [-0.3, -0.25) is 4.90 Å². The molecule has 112 valence electrons. The van der Waals surface area contributed by atoms with Crippen LogP contribution in [0.1, 0.15) is 45.4 Å². The second-order valence-electron chi connectivity index (χ2n) is 6.64. The van der Waals surface area contributed by atoms with Crippen molar-refractivity contribution >= 4 is 0 Å². The van der Waals surface area contributed by atoms with Crippen molar-refractivity contribution in [1.82, 2.24) is 25.0 Å². The van der Waals surface area contributed by atoms with Crippen LogP contribution < -0.4 is 5.32 Å². The molecular weight excluding hydrogens is 250 g/mol. The van der Waals surface area contributed by atoms with Crippen LogP contribution in [0.2, 0.25) is 0 Å². The van der Waals surface area contributed by atoms with Gasteiger partial charge >= 0.3 is 0 Å². The van der Waals surface area contributed by atoms with Gasteiger partial charge in [0.2, 0.25) is 0 Å². The van der Waals surface area contributed by atoms with E-state index in [-0.39, 0.29) is 0 Å². The maximum absolute atomic E-state index is 4.48. The monoisotopic (exact) mass is 277 g/mol. The van der Waals surface area contributed by atoms with E-state index in [1.165, 1.54) is 38.8 Å². The zero-order valence-corrected chi connectivity index (χ0v) is 12.8. The molecule has 1 aromatic heterocycles. The second-order valence-corrected chi connectivity index (χ2v) is 6.64. The fraction of sp³-hybridized carbons (Fsp3) is 0.867. The fourth-order valence-electron chi connectivity index (χ4n) is 3.63. The lowest BCUT2D eigenvalue weighted by molar-refractivity contribution is 0.197. The van der Waals surface area contributed by atoms with Gasteiger partial charge in [-0.2, -0.15) is 5.10 Å². The molecule has 0 bridgehead atoms. The summed E-state index contributed by atoms with van der Waals surface area (Å²) in [5.41, 5.74) is 0. The first-order valence-electron chi connectivity index (χ1n) is 8.08. The van der Waals surface area contributed by atoms with Gasteiger partial charge in [0, 0.05) is 18.6 Å². The Balaban J connectivity index is 1.65. The van der Waals surface area contributed by atoms with Gasteiger partial charge in [0.05, 0.1) is 6.54 Å². The van der Waals surface area contributed by atoms with Crippen LogP contribution in [-0.2, 0) is 13.1 Å². The van der Waals surface area contributed by atoms with Gasteiger partial charge in [0.25, 0.3) is 0 Å². The van der Waals surface area contributed by atoms with Crippen LogP contribution in [-0.4, -0.2) is 44.8 Å². The van der Waals surface area contributed by atoms with Crippen LogP contribution in [0.4, 0.5) is 0 Å². The zero-order valence-electron chi connectivity index (χ0n) is 12.8. The SMILES string of the molecule is CC(C)Cn1ncnc1CN1CCCC1C1CCCN1. The smallest absolute Gasteiger partial charge is 0.141 e. The molecule has 0 spiro atoms. The normalized spacial score (nSPS) is 27.8. The molecule has 2 aliphatic heterocycles. The molecule has 0 aliphatic carbocycles. The average Bonchev–Trinajstić information content (AvgIpc) is 3.11. The summed E-state index contributed by atoms with van der Waals surface area (Å²) >= 11 is 0. The van der Waals surface area contributed by atoms with Gasteiger partial charge in [0.1, 0.15) is 12.2 Å². The summed E-state index contributed by atoms with van der Waals surface area (Å²) in [6, 6.07) is 1.39. The summed E-state index contributed by atoms with van der Waals surface area (Å²) in [5.74, 6) is 1.74. The third-order valence-corrected chi connectivity index (χ3v) is 4.56. The topological polar surface area (TPSA) is 46.0 Å². The van der Waals surface area contributed by atoms with Gasteiger partial charge < -0.3 is 5.32 Å². The van der Waals surface area contributed by atoms with Crippen molar-refractivity contribution in [2.75, 3.05) is 13.1 Å². The summed E-state index contributed by atoms with van der Waals surface area (Å²) in [5, 5.41) is 8.05. The highest BCUT2D eigenvalue weighted by molar-refractivity contribution is 4.95. The molecule has 2 fully saturated rings. The Labute approximate surface area is 121 Å². The average molecular weight is 277 g/mol. The first-order valence-corrected chi connectivity index (χ1v) is 8.08. The number of hydrogen-bond donors (Lipinski definition) is 1. The van der Waals surface area contributed by atoms with Gasteiger partial charge in [-0.1, -0.05) is 13.8 Å². The first kappa shape index (κ1) is 14.0. The third-order valence-electron chi connectivity index (χ3n) is 4.56. The van der Waals surface area contributed by atoms with Gasteiger partial charge in [-0.05, 0) is 44.7 Å². The number of nitrogens with zero attached hydrogens (tertiary/aromatic N) is 4. The molecule has 0 radical (unpaired) electrons. The van der Waals surface area contributed by atoms with Crippen LogP contribution in [0.3, 0.4) is 0 Å². The third kappa shape index (κ3) is 3.04.